The molecule has 1 fully saturated rings. The maximum atomic E-state index is 6.11. The van der Waals surface area contributed by atoms with Crippen LogP contribution in [0.5, 0.6) is 11.8 Å². The Balaban J connectivity index is 2.20. The van der Waals surface area contributed by atoms with Gasteiger partial charge >= 0.3 is 0 Å². The molecular weight excluding hydrogens is 238 g/mol. The van der Waals surface area contributed by atoms with E-state index < -0.39 is 6.04 Å². The maximum Gasteiger partial charge on any atom is 0.240 e. The molecule has 0 amide bonds. The summed E-state index contributed by atoms with van der Waals surface area (Å²) in [5.41, 5.74) is 6.65. The number of nitrogens with two attached hydrogens (primary N) is 1. The zero-order valence-corrected chi connectivity index (χ0v) is 10.5. The minimum Gasteiger partial charge on any atom is -0.480 e. The van der Waals surface area contributed by atoms with Crippen molar-refractivity contribution in [1.82, 2.24) is 9.97 Å². The van der Waals surface area contributed by atoms with Crippen LogP contribution in [0.1, 0.15) is 11.7 Å². The molecule has 2 heterocycles. The van der Waals surface area contributed by atoms with Gasteiger partial charge in [0.1, 0.15) is 11.8 Å². The van der Waals surface area contributed by atoms with Crippen LogP contribution in [0.2, 0.25) is 0 Å². The number of methoxy groups -OCH3 is 2. The highest BCUT2D eigenvalue weighted by Gasteiger charge is 2.27. The van der Waals surface area contributed by atoms with Crippen molar-refractivity contribution < 1.29 is 18.9 Å². The Morgan fingerprint density at radius 1 is 1.39 bits per heavy atom. The Bertz CT molecular complexity index is 396. The van der Waals surface area contributed by atoms with Crippen molar-refractivity contribution in [2.75, 3.05) is 34.0 Å². The molecule has 7 heteroatoms. The minimum absolute atomic E-state index is 0.240. The van der Waals surface area contributed by atoms with Gasteiger partial charge in [-0.1, -0.05) is 0 Å². The maximum absolute atomic E-state index is 6.11. The highest BCUT2D eigenvalue weighted by molar-refractivity contribution is 5.26. The van der Waals surface area contributed by atoms with Crippen LogP contribution < -0.4 is 15.2 Å². The molecule has 2 N–H and O–H groups in total. The van der Waals surface area contributed by atoms with Gasteiger partial charge in [-0.25, -0.2) is 4.98 Å². The molecule has 1 aliphatic rings. The highest BCUT2D eigenvalue weighted by Crippen LogP contribution is 2.25. The molecule has 0 aromatic carbocycles. The summed E-state index contributed by atoms with van der Waals surface area (Å²) in [4.78, 5) is 8.36. The topological polar surface area (TPSA) is 88.7 Å². The molecule has 0 aliphatic carbocycles. The van der Waals surface area contributed by atoms with Crippen LogP contribution in [0, 0.1) is 0 Å². The summed E-state index contributed by atoms with van der Waals surface area (Å²) in [6, 6.07) is -0.446. The molecule has 100 valence electrons. The van der Waals surface area contributed by atoms with E-state index in [2.05, 4.69) is 9.97 Å². The molecule has 0 saturated carbocycles. The van der Waals surface area contributed by atoms with Crippen LogP contribution in [-0.4, -0.2) is 50.1 Å². The van der Waals surface area contributed by atoms with Crippen molar-refractivity contribution in [3.63, 3.8) is 0 Å². The first-order chi connectivity index (χ1) is 8.76. The Labute approximate surface area is 105 Å². The molecule has 2 unspecified atom stereocenters. The molecule has 1 aromatic rings. The second-order valence-corrected chi connectivity index (χ2v) is 3.82. The van der Waals surface area contributed by atoms with Gasteiger partial charge in [0.05, 0.1) is 46.3 Å². The van der Waals surface area contributed by atoms with E-state index in [0.29, 0.717) is 37.3 Å². The van der Waals surface area contributed by atoms with Gasteiger partial charge in [0.25, 0.3) is 0 Å². The summed E-state index contributed by atoms with van der Waals surface area (Å²) < 4.78 is 21.0. The van der Waals surface area contributed by atoms with E-state index >= 15 is 0 Å². The van der Waals surface area contributed by atoms with Crippen molar-refractivity contribution in [1.29, 1.82) is 0 Å². The Morgan fingerprint density at radius 3 is 2.83 bits per heavy atom. The fourth-order valence-electron chi connectivity index (χ4n) is 1.73. The van der Waals surface area contributed by atoms with E-state index in [1.807, 2.05) is 0 Å². The van der Waals surface area contributed by atoms with Gasteiger partial charge in [0.2, 0.25) is 11.8 Å². The predicted molar refractivity (Wildman–Crippen MR) is 62.6 cm³/mol. The van der Waals surface area contributed by atoms with E-state index in [0.717, 1.165) is 0 Å². The number of hydrogen-bond acceptors (Lipinski definition) is 7. The van der Waals surface area contributed by atoms with Crippen molar-refractivity contribution >= 4 is 0 Å². The van der Waals surface area contributed by atoms with E-state index in [9.17, 15) is 0 Å². The number of nitrogens with zero attached hydrogens (tertiary/aromatic N) is 2. The molecule has 7 nitrogen and oxygen atoms in total. The highest BCUT2D eigenvalue weighted by atomic mass is 16.6. The van der Waals surface area contributed by atoms with Crippen LogP contribution in [0.15, 0.2) is 6.20 Å². The van der Waals surface area contributed by atoms with Gasteiger partial charge in [-0.05, 0) is 0 Å². The van der Waals surface area contributed by atoms with E-state index in [1.54, 1.807) is 0 Å². The molecule has 2 rings (SSSR count). The summed E-state index contributed by atoms with van der Waals surface area (Å²) in [5.74, 6) is 0.722. The zero-order valence-electron chi connectivity index (χ0n) is 10.5. The lowest BCUT2D eigenvalue weighted by Gasteiger charge is -2.27. The van der Waals surface area contributed by atoms with Crippen molar-refractivity contribution in [3.8, 4) is 11.8 Å². The first-order valence-electron chi connectivity index (χ1n) is 5.66. The Kier molecular flexibility index (Phi) is 4.29. The molecule has 1 aromatic heterocycles. The number of rotatable bonds is 4. The van der Waals surface area contributed by atoms with Gasteiger partial charge in [-0.3, -0.25) is 0 Å². The summed E-state index contributed by atoms with van der Waals surface area (Å²) in [5, 5.41) is 0. The smallest absolute Gasteiger partial charge is 0.240 e. The molecule has 0 spiro atoms. The SMILES string of the molecule is COc1cnc(C(N)C2COCCO2)c(OC)n1. The second kappa shape index (κ2) is 5.94. The van der Waals surface area contributed by atoms with Crippen LogP contribution in [0.4, 0.5) is 0 Å². The first kappa shape index (κ1) is 13.0. The van der Waals surface area contributed by atoms with Crippen LogP contribution in [-0.2, 0) is 9.47 Å². The quantitative estimate of drug-likeness (QED) is 0.804. The van der Waals surface area contributed by atoms with Gasteiger partial charge in [0, 0.05) is 0 Å². The van der Waals surface area contributed by atoms with Crippen LogP contribution >= 0.6 is 0 Å². The number of aromatic nitrogens is 2. The summed E-state index contributed by atoms with van der Waals surface area (Å²) in [7, 11) is 3.03. The molecule has 2 atom stereocenters. The number of hydrogen-bond donors (Lipinski definition) is 1. The van der Waals surface area contributed by atoms with Crippen molar-refractivity contribution in [2.24, 2.45) is 5.73 Å². The predicted octanol–water partition coefficient (Wildman–Crippen LogP) is -0.0910. The summed E-state index contributed by atoms with van der Waals surface area (Å²) in [6.07, 6.45) is 1.26. The molecule has 0 radical (unpaired) electrons. The van der Waals surface area contributed by atoms with Crippen molar-refractivity contribution in [3.05, 3.63) is 11.9 Å². The fraction of sp³-hybridized carbons (Fsp3) is 0.636. The van der Waals surface area contributed by atoms with Crippen LogP contribution in [0.25, 0.3) is 0 Å². The normalized spacial score (nSPS) is 21.4. The molecule has 18 heavy (non-hydrogen) atoms. The third-order valence-electron chi connectivity index (χ3n) is 2.71. The first-order valence-corrected chi connectivity index (χ1v) is 5.66. The molecule has 1 aliphatic heterocycles. The summed E-state index contributed by atoms with van der Waals surface area (Å²) in [6.45, 7) is 1.57. The van der Waals surface area contributed by atoms with E-state index in [1.165, 1.54) is 20.4 Å². The van der Waals surface area contributed by atoms with Gasteiger partial charge < -0.3 is 24.7 Å². The average molecular weight is 255 g/mol. The molecular formula is C11H17N3O4. The van der Waals surface area contributed by atoms with E-state index in [-0.39, 0.29) is 6.10 Å². The number of ether oxygens (including phenoxy) is 4. The fourth-order valence-corrected chi connectivity index (χ4v) is 1.73. The lowest BCUT2D eigenvalue weighted by molar-refractivity contribution is -0.0982. The van der Waals surface area contributed by atoms with Gasteiger partial charge in [0.15, 0.2) is 0 Å². The molecule has 0 bridgehead atoms. The van der Waals surface area contributed by atoms with E-state index in [4.69, 9.17) is 24.7 Å². The lowest BCUT2D eigenvalue weighted by Crippen LogP contribution is -2.38. The standard InChI is InChI=1S/C11H17N3O4/c1-15-8-5-13-10(11(14-8)16-2)9(12)7-6-17-3-4-18-7/h5,7,9H,3-4,6,12H2,1-2H3. The lowest BCUT2D eigenvalue weighted by atomic mass is 10.1. The average Bonchev–Trinajstić information content (AvgIpc) is 2.46. The molecule has 1 saturated heterocycles. The largest absolute Gasteiger partial charge is 0.480 e. The second-order valence-electron chi connectivity index (χ2n) is 3.82. The Morgan fingerprint density at radius 2 is 2.22 bits per heavy atom. The summed E-state index contributed by atoms with van der Waals surface area (Å²) >= 11 is 0. The van der Waals surface area contributed by atoms with Gasteiger partial charge in [-0.15, -0.1) is 0 Å². The zero-order chi connectivity index (χ0) is 13.0. The third kappa shape index (κ3) is 2.69. The van der Waals surface area contributed by atoms with Crippen LogP contribution in [0.3, 0.4) is 0 Å². The van der Waals surface area contributed by atoms with Crippen molar-refractivity contribution in [2.45, 2.75) is 12.1 Å². The minimum atomic E-state index is -0.446. The third-order valence-corrected chi connectivity index (χ3v) is 2.71. The monoisotopic (exact) mass is 255 g/mol. The van der Waals surface area contributed by atoms with Gasteiger partial charge in [-0.2, -0.15) is 4.98 Å². The Hall–Kier alpha value is -1.44.